The van der Waals surface area contributed by atoms with Crippen molar-refractivity contribution in [2.75, 3.05) is 47.0 Å². The van der Waals surface area contributed by atoms with Crippen molar-refractivity contribution in [2.45, 2.75) is 13.2 Å². The van der Waals surface area contributed by atoms with Crippen LogP contribution in [0.15, 0.2) is 16.6 Å². The van der Waals surface area contributed by atoms with E-state index in [1.165, 1.54) is 7.11 Å². The smallest absolute Gasteiger partial charge is 0.387 e. The molecule has 1 aliphatic rings. The van der Waals surface area contributed by atoms with Gasteiger partial charge < -0.3 is 19.1 Å². The van der Waals surface area contributed by atoms with Gasteiger partial charge in [0, 0.05) is 19.6 Å². The molecule has 1 aromatic rings. The Morgan fingerprint density at radius 1 is 1.40 bits per heavy atom. The van der Waals surface area contributed by atoms with Gasteiger partial charge in [0.05, 0.1) is 31.3 Å². The Bertz CT molecular complexity index is 598. The van der Waals surface area contributed by atoms with Gasteiger partial charge in [-0.2, -0.15) is 8.78 Å². The SMILES string of the molecule is COc1cc(CN(C)CC(=O)N2CCOCC2)cc(Br)c1OC(F)F. The van der Waals surface area contributed by atoms with E-state index in [1.807, 2.05) is 11.9 Å². The van der Waals surface area contributed by atoms with E-state index in [1.54, 1.807) is 17.0 Å². The highest BCUT2D eigenvalue weighted by atomic mass is 79.9. The minimum absolute atomic E-state index is 0.0366. The minimum Gasteiger partial charge on any atom is -0.493 e. The van der Waals surface area contributed by atoms with Crippen LogP contribution >= 0.6 is 15.9 Å². The fraction of sp³-hybridized carbons (Fsp3) is 0.562. The van der Waals surface area contributed by atoms with Gasteiger partial charge in [-0.25, -0.2) is 0 Å². The van der Waals surface area contributed by atoms with Crippen LogP contribution in [0, 0.1) is 0 Å². The Morgan fingerprint density at radius 3 is 2.68 bits per heavy atom. The molecule has 0 N–H and O–H groups in total. The summed E-state index contributed by atoms with van der Waals surface area (Å²) < 4.78 is 40.2. The van der Waals surface area contributed by atoms with Crippen LogP contribution in [0.3, 0.4) is 0 Å². The standard InChI is InChI=1S/C16H21BrF2N2O4/c1-20(10-14(22)21-3-5-24-6-4-21)9-11-7-12(17)15(25-16(18)19)13(8-11)23-2/h7-8,16H,3-6,9-10H2,1-2H3. The first-order valence-corrected chi connectivity index (χ1v) is 8.55. The van der Waals surface area contributed by atoms with Gasteiger partial charge in [-0.1, -0.05) is 0 Å². The quantitative estimate of drug-likeness (QED) is 0.674. The number of rotatable bonds is 7. The molecule has 1 heterocycles. The molecule has 1 fully saturated rings. The number of alkyl halides is 2. The second-order valence-electron chi connectivity index (χ2n) is 5.65. The van der Waals surface area contributed by atoms with Crippen LogP contribution in [-0.2, 0) is 16.1 Å². The van der Waals surface area contributed by atoms with E-state index in [-0.39, 0.29) is 24.0 Å². The van der Waals surface area contributed by atoms with Gasteiger partial charge in [-0.15, -0.1) is 0 Å². The molecular formula is C16H21BrF2N2O4. The molecule has 0 spiro atoms. The van der Waals surface area contributed by atoms with Gasteiger partial charge in [0.25, 0.3) is 0 Å². The number of hydrogen-bond acceptors (Lipinski definition) is 5. The monoisotopic (exact) mass is 422 g/mol. The number of nitrogens with zero attached hydrogens (tertiary/aromatic N) is 2. The number of ether oxygens (including phenoxy) is 3. The topological polar surface area (TPSA) is 51.2 Å². The van der Waals surface area contributed by atoms with E-state index in [9.17, 15) is 13.6 Å². The van der Waals surface area contributed by atoms with Gasteiger partial charge in [-0.05, 0) is 40.7 Å². The van der Waals surface area contributed by atoms with Crippen molar-refractivity contribution in [3.8, 4) is 11.5 Å². The molecule has 0 bridgehead atoms. The molecule has 1 aliphatic heterocycles. The Balaban J connectivity index is 2.01. The maximum Gasteiger partial charge on any atom is 0.387 e. The van der Waals surface area contributed by atoms with Crippen LogP contribution in [0.5, 0.6) is 11.5 Å². The molecule has 2 rings (SSSR count). The molecule has 140 valence electrons. The third kappa shape index (κ3) is 5.79. The lowest BCUT2D eigenvalue weighted by atomic mass is 10.2. The van der Waals surface area contributed by atoms with Gasteiger partial charge >= 0.3 is 6.61 Å². The number of hydrogen-bond donors (Lipinski definition) is 0. The summed E-state index contributed by atoms with van der Waals surface area (Å²) in [7, 11) is 3.21. The summed E-state index contributed by atoms with van der Waals surface area (Å²) in [6.45, 7) is 0.105. The van der Waals surface area contributed by atoms with E-state index in [4.69, 9.17) is 9.47 Å². The fourth-order valence-corrected chi connectivity index (χ4v) is 3.16. The Kier molecular flexibility index (Phi) is 7.39. The van der Waals surface area contributed by atoms with Crippen LogP contribution in [0.2, 0.25) is 0 Å². The number of halogens is 3. The molecule has 0 radical (unpaired) electrons. The van der Waals surface area contributed by atoms with Crippen molar-refractivity contribution in [3.63, 3.8) is 0 Å². The number of carbonyl (C=O) groups excluding carboxylic acids is 1. The number of likely N-dealkylation sites (N-methyl/N-ethyl adjacent to an activating group) is 1. The average molecular weight is 423 g/mol. The number of amides is 1. The lowest BCUT2D eigenvalue weighted by Gasteiger charge is -2.28. The van der Waals surface area contributed by atoms with Crippen LogP contribution in [0.1, 0.15) is 5.56 Å². The summed E-state index contributed by atoms with van der Waals surface area (Å²) in [6.07, 6.45) is 0. The number of benzene rings is 1. The van der Waals surface area contributed by atoms with Gasteiger partial charge in [0.15, 0.2) is 11.5 Å². The maximum absolute atomic E-state index is 12.5. The summed E-state index contributed by atoms with van der Waals surface area (Å²) in [5.41, 5.74) is 0.808. The van der Waals surface area contributed by atoms with Crippen molar-refractivity contribution >= 4 is 21.8 Å². The van der Waals surface area contributed by atoms with Crippen LogP contribution in [0.4, 0.5) is 8.78 Å². The van der Waals surface area contributed by atoms with Crippen LogP contribution in [-0.4, -0.2) is 69.3 Å². The summed E-state index contributed by atoms with van der Waals surface area (Å²) in [4.78, 5) is 15.9. The number of morpholine rings is 1. The highest BCUT2D eigenvalue weighted by molar-refractivity contribution is 9.10. The normalized spacial score (nSPS) is 14.9. The maximum atomic E-state index is 12.5. The zero-order valence-electron chi connectivity index (χ0n) is 14.1. The first kappa shape index (κ1) is 19.9. The first-order valence-electron chi connectivity index (χ1n) is 7.76. The van der Waals surface area contributed by atoms with Gasteiger partial charge in [0.1, 0.15) is 0 Å². The molecule has 1 aromatic carbocycles. The van der Waals surface area contributed by atoms with Crippen molar-refractivity contribution in [2.24, 2.45) is 0 Å². The van der Waals surface area contributed by atoms with E-state index in [2.05, 4.69) is 20.7 Å². The van der Waals surface area contributed by atoms with E-state index in [0.29, 0.717) is 37.3 Å². The second-order valence-corrected chi connectivity index (χ2v) is 6.51. The molecule has 6 nitrogen and oxygen atoms in total. The molecular weight excluding hydrogens is 402 g/mol. The van der Waals surface area contributed by atoms with Crippen molar-refractivity contribution < 1.29 is 27.8 Å². The van der Waals surface area contributed by atoms with Gasteiger partial charge in [-0.3, -0.25) is 9.69 Å². The predicted molar refractivity (Wildman–Crippen MR) is 91.1 cm³/mol. The third-order valence-electron chi connectivity index (χ3n) is 3.72. The summed E-state index contributed by atoms with van der Waals surface area (Å²) in [6, 6.07) is 3.30. The first-order chi connectivity index (χ1) is 11.9. The summed E-state index contributed by atoms with van der Waals surface area (Å²) >= 11 is 3.22. The van der Waals surface area contributed by atoms with E-state index >= 15 is 0 Å². The lowest BCUT2D eigenvalue weighted by Crippen LogP contribution is -2.44. The predicted octanol–water partition coefficient (Wildman–Crippen LogP) is 2.35. The zero-order valence-corrected chi connectivity index (χ0v) is 15.7. The third-order valence-corrected chi connectivity index (χ3v) is 4.31. The van der Waals surface area contributed by atoms with Crippen molar-refractivity contribution in [3.05, 3.63) is 22.2 Å². The molecule has 0 aliphatic carbocycles. The average Bonchev–Trinajstić information content (AvgIpc) is 2.57. The summed E-state index contributed by atoms with van der Waals surface area (Å²) in [5.74, 6) is 0.195. The van der Waals surface area contributed by atoms with Crippen LogP contribution < -0.4 is 9.47 Å². The molecule has 0 aromatic heterocycles. The molecule has 9 heteroatoms. The Hall–Kier alpha value is -1.45. The number of methoxy groups -OCH3 is 1. The van der Waals surface area contributed by atoms with Crippen LogP contribution in [0.25, 0.3) is 0 Å². The van der Waals surface area contributed by atoms with Crippen molar-refractivity contribution in [1.29, 1.82) is 0 Å². The lowest BCUT2D eigenvalue weighted by molar-refractivity contribution is -0.136. The highest BCUT2D eigenvalue weighted by Gasteiger charge is 2.20. The summed E-state index contributed by atoms with van der Waals surface area (Å²) in [5, 5.41) is 0. The molecule has 0 unspecified atom stereocenters. The molecule has 1 saturated heterocycles. The minimum atomic E-state index is -2.94. The highest BCUT2D eigenvalue weighted by Crippen LogP contribution is 2.37. The number of carbonyl (C=O) groups is 1. The molecule has 0 saturated carbocycles. The fourth-order valence-electron chi connectivity index (χ4n) is 2.58. The van der Waals surface area contributed by atoms with Crippen molar-refractivity contribution in [1.82, 2.24) is 9.80 Å². The molecule has 1 amide bonds. The molecule has 0 atom stereocenters. The van der Waals surface area contributed by atoms with E-state index < -0.39 is 6.61 Å². The van der Waals surface area contributed by atoms with E-state index in [0.717, 1.165) is 5.56 Å². The Labute approximate surface area is 153 Å². The molecule has 25 heavy (non-hydrogen) atoms. The Morgan fingerprint density at radius 2 is 2.08 bits per heavy atom. The second kappa shape index (κ2) is 9.30. The van der Waals surface area contributed by atoms with Gasteiger partial charge in [0.2, 0.25) is 5.91 Å². The zero-order chi connectivity index (χ0) is 18.4. The largest absolute Gasteiger partial charge is 0.493 e.